The molecule has 0 spiro atoms. The van der Waals surface area contributed by atoms with Crippen molar-refractivity contribution in [1.29, 1.82) is 0 Å². The number of nitrogens with zero attached hydrogens (tertiary/aromatic N) is 2. The van der Waals surface area contributed by atoms with Crippen molar-refractivity contribution < 1.29 is 13.9 Å². The van der Waals surface area contributed by atoms with Gasteiger partial charge >= 0.3 is 6.03 Å². The molecule has 0 aromatic heterocycles. The minimum absolute atomic E-state index is 0.0478. The van der Waals surface area contributed by atoms with Crippen molar-refractivity contribution in [3.8, 4) is 0 Å². The molecule has 6 heteroatoms. The van der Waals surface area contributed by atoms with Gasteiger partial charge in [-0.3, -0.25) is 0 Å². The number of hydrogen-bond acceptors (Lipinski definition) is 3. The van der Waals surface area contributed by atoms with Crippen LogP contribution in [0.15, 0.2) is 24.3 Å². The summed E-state index contributed by atoms with van der Waals surface area (Å²) in [5.74, 6) is -0.238. The van der Waals surface area contributed by atoms with Gasteiger partial charge in [-0.1, -0.05) is 12.1 Å². The zero-order valence-electron chi connectivity index (χ0n) is 14.8. The molecule has 1 atom stereocenters. The number of ether oxygens (including phenoxy) is 1. The Hall–Kier alpha value is -1.66. The second-order valence-corrected chi connectivity index (χ2v) is 6.91. The van der Waals surface area contributed by atoms with Gasteiger partial charge in [-0.25, -0.2) is 9.18 Å². The first-order valence-electron chi connectivity index (χ1n) is 9.32. The Morgan fingerprint density at radius 2 is 2.08 bits per heavy atom. The van der Waals surface area contributed by atoms with Crippen molar-refractivity contribution >= 4 is 6.03 Å². The Kier molecular flexibility index (Phi) is 6.64. The molecule has 5 nitrogen and oxygen atoms in total. The van der Waals surface area contributed by atoms with Crippen molar-refractivity contribution in [3.05, 3.63) is 35.6 Å². The molecule has 0 saturated carbocycles. The molecule has 2 aliphatic heterocycles. The number of halogens is 1. The molecule has 2 amide bonds. The zero-order chi connectivity index (χ0) is 17.5. The van der Waals surface area contributed by atoms with Crippen LogP contribution in [0.1, 0.15) is 24.8 Å². The molecule has 138 valence electrons. The lowest BCUT2D eigenvalue weighted by atomic mass is 10.1. The highest BCUT2D eigenvalue weighted by Gasteiger charge is 2.25. The third-order valence-corrected chi connectivity index (χ3v) is 4.88. The van der Waals surface area contributed by atoms with E-state index in [-0.39, 0.29) is 18.0 Å². The molecule has 2 aliphatic rings. The van der Waals surface area contributed by atoms with Gasteiger partial charge in [-0.2, -0.15) is 0 Å². The van der Waals surface area contributed by atoms with Crippen molar-refractivity contribution in [2.75, 3.05) is 45.9 Å². The summed E-state index contributed by atoms with van der Waals surface area (Å²) in [4.78, 5) is 16.7. The quantitative estimate of drug-likeness (QED) is 0.887. The first kappa shape index (κ1) is 18.1. The number of carbonyl (C=O) groups excluding carboxylic acids is 1. The number of carbonyl (C=O) groups is 1. The zero-order valence-corrected chi connectivity index (χ0v) is 14.8. The van der Waals surface area contributed by atoms with Crippen LogP contribution in [0.4, 0.5) is 9.18 Å². The van der Waals surface area contributed by atoms with Crippen LogP contribution in [-0.4, -0.2) is 67.8 Å². The molecule has 2 fully saturated rings. The number of hydrogen-bond donors (Lipinski definition) is 1. The Bertz CT molecular complexity index is 563. The van der Waals surface area contributed by atoms with Gasteiger partial charge in [0.2, 0.25) is 0 Å². The second-order valence-electron chi connectivity index (χ2n) is 6.91. The van der Waals surface area contributed by atoms with Crippen molar-refractivity contribution in [1.82, 2.24) is 15.1 Å². The normalized spacial score (nSPS) is 22.0. The van der Waals surface area contributed by atoms with E-state index in [1.807, 2.05) is 11.0 Å². The molecule has 2 heterocycles. The van der Waals surface area contributed by atoms with Crippen LogP contribution >= 0.6 is 0 Å². The largest absolute Gasteiger partial charge is 0.375 e. The number of rotatable bonds is 5. The fourth-order valence-electron chi connectivity index (χ4n) is 3.56. The molecule has 3 rings (SSSR count). The molecular formula is C19H28FN3O2. The van der Waals surface area contributed by atoms with Gasteiger partial charge in [0.1, 0.15) is 5.82 Å². The Labute approximate surface area is 149 Å². The summed E-state index contributed by atoms with van der Waals surface area (Å²) in [6.07, 6.45) is 4.11. The van der Waals surface area contributed by atoms with Gasteiger partial charge in [-0.15, -0.1) is 0 Å². The van der Waals surface area contributed by atoms with Crippen LogP contribution in [0, 0.1) is 5.82 Å². The van der Waals surface area contributed by atoms with Gasteiger partial charge in [-0.05, 0) is 56.5 Å². The minimum Gasteiger partial charge on any atom is -0.375 e. The van der Waals surface area contributed by atoms with Gasteiger partial charge < -0.3 is 19.9 Å². The molecule has 25 heavy (non-hydrogen) atoms. The predicted octanol–water partition coefficient (Wildman–Crippen LogP) is 2.26. The van der Waals surface area contributed by atoms with Gasteiger partial charge in [0.15, 0.2) is 0 Å². The highest BCUT2D eigenvalue weighted by atomic mass is 19.1. The Morgan fingerprint density at radius 3 is 2.88 bits per heavy atom. The van der Waals surface area contributed by atoms with Crippen LogP contribution in [-0.2, 0) is 11.2 Å². The Balaban J connectivity index is 1.44. The van der Waals surface area contributed by atoms with E-state index in [2.05, 4.69) is 10.2 Å². The standard InChI is InChI=1S/C19H28FN3O2/c20-17-6-3-5-16(13-17)7-8-21-19(24)23-11-4-12-25-18(15-23)14-22-9-1-2-10-22/h3,5-6,13,18H,1-2,4,7-12,14-15H2,(H,21,24)/t18-/m1/s1. The lowest BCUT2D eigenvalue weighted by Gasteiger charge is -2.27. The van der Waals surface area contributed by atoms with Crippen LogP contribution < -0.4 is 5.32 Å². The van der Waals surface area contributed by atoms with E-state index in [1.165, 1.54) is 25.0 Å². The summed E-state index contributed by atoms with van der Waals surface area (Å²) < 4.78 is 19.1. The summed E-state index contributed by atoms with van der Waals surface area (Å²) in [7, 11) is 0. The molecule has 1 N–H and O–H groups in total. The number of amides is 2. The van der Waals surface area contributed by atoms with Crippen molar-refractivity contribution in [2.24, 2.45) is 0 Å². The average molecular weight is 349 g/mol. The number of likely N-dealkylation sites (tertiary alicyclic amines) is 1. The number of benzene rings is 1. The molecule has 1 aromatic rings. The summed E-state index contributed by atoms with van der Waals surface area (Å²) in [5.41, 5.74) is 0.895. The summed E-state index contributed by atoms with van der Waals surface area (Å²) in [5, 5.41) is 2.96. The van der Waals surface area contributed by atoms with E-state index in [1.54, 1.807) is 6.07 Å². The third-order valence-electron chi connectivity index (χ3n) is 4.88. The lowest BCUT2D eigenvalue weighted by molar-refractivity contribution is 0.0350. The maximum Gasteiger partial charge on any atom is 0.317 e. The van der Waals surface area contributed by atoms with E-state index >= 15 is 0 Å². The maximum absolute atomic E-state index is 13.2. The molecule has 0 radical (unpaired) electrons. The lowest BCUT2D eigenvalue weighted by Crippen LogP contribution is -2.46. The summed E-state index contributed by atoms with van der Waals surface area (Å²) in [6.45, 7) is 5.78. The fraction of sp³-hybridized carbons (Fsp3) is 0.632. The molecule has 0 unspecified atom stereocenters. The molecule has 2 saturated heterocycles. The number of nitrogens with one attached hydrogen (secondary N) is 1. The smallest absolute Gasteiger partial charge is 0.317 e. The van der Waals surface area contributed by atoms with Crippen LogP contribution in [0.3, 0.4) is 0 Å². The maximum atomic E-state index is 13.2. The van der Waals surface area contributed by atoms with Crippen LogP contribution in [0.2, 0.25) is 0 Å². The first-order valence-corrected chi connectivity index (χ1v) is 9.32. The van der Waals surface area contributed by atoms with Crippen molar-refractivity contribution in [2.45, 2.75) is 31.8 Å². The van der Waals surface area contributed by atoms with Crippen molar-refractivity contribution in [3.63, 3.8) is 0 Å². The van der Waals surface area contributed by atoms with E-state index in [0.717, 1.165) is 38.2 Å². The highest BCUT2D eigenvalue weighted by molar-refractivity contribution is 5.74. The summed E-state index contributed by atoms with van der Waals surface area (Å²) >= 11 is 0. The van der Waals surface area contributed by atoms with E-state index in [9.17, 15) is 9.18 Å². The second kappa shape index (κ2) is 9.15. The van der Waals surface area contributed by atoms with Crippen LogP contribution in [0.25, 0.3) is 0 Å². The predicted molar refractivity (Wildman–Crippen MR) is 95.1 cm³/mol. The van der Waals surface area contributed by atoms with E-state index in [4.69, 9.17) is 4.74 Å². The van der Waals surface area contributed by atoms with Gasteiger partial charge in [0.25, 0.3) is 0 Å². The molecular weight excluding hydrogens is 321 g/mol. The summed E-state index contributed by atoms with van der Waals surface area (Å²) in [6, 6.07) is 6.47. The highest BCUT2D eigenvalue weighted by Crippen LogP contribution is 2.12. The van der Waals surface area contributed by atoms with Gasteiger partial charge in [0, 0.05) is 32.8 Å². The van der Waals surface area contributed by atoms with Gasteiger partial charge in [0.05, 0.1) is 6.10 Å². The fourth-order valence-corrected chi connectivity index (χ4v) is 3.56. The average Bonchev–Trinajstić information content (AvgIpc) is 2.99. The van der Waals surface area contributed by atoms with Crippen LogP contribution in [0.5, 0.6) is 0 Å². The van der Waals surface area contributed by atoms with E-state index in [0.29, 0.717) is 26.1 Å². The monoisotopic (exact) mass is 349 g/mol. The first-order chi connectivity index (χ1) is 12.2. The third kappa shape index (κ3) is 5.68. The Morgan fingerprint density at radius 1 is 1.24 bits per heavy atom. The minimum atomic E-state index is -0.238. The molecule has 0 bridgehead atoms. The molecule has 0 aliphatic carbocycles. The van der Waals surface area contributed by atoms with E-state index < -0.39 is 0 Å². The topological polar surface area (TPSA) is 44.8 Å². The number of urea groups is 1. The molecule has 1 aromatic carbocycles. The SMILES string of the molecule is O=C(NCCc1cccc(F)c1)N1CCCO[C@H](CN2CCCC2)C1.